The second-order valence-electron chi connectivity index (χ2n) is 6.10. The number of hydrogen-bond acceptors (Lipinski definition) is 5. The lowest BCUT2D eigenvalue weighted by Gasteiger charge is -2.12. The van der Waals surface area contributed by atoms with E-state index in [2.05, 4.69) is 9.97 Å². The maximum Gasteiger partial charge on any atom is 0.337 e. The summed E-state index contributed by atoms with van der Waals surface area (Å²) in [5, 5.41) is 8.78. The van der Waals surface area contributed by atoms with E-state index < -0.39 is 23.8 Å². The largest absolute Gasteiger partial charge is 0.481 e. The van der Waals surface area contributed by atoms with Crippen LogP contribution in [0.1, 0.15) is 39.3 Å². The van der Waals surface area contributed by atoms with Gasteiger partial charge < -0.3 is 19.9 Å². The average molecular weight is 411 g/mol. The maximum atomic E-state index is 12.0. The van der Waals surface area contributed by atoms with E-state index in [4.69, 9.17) is 9.94 Å². The number of aliphatic carboxylic acids is 1. The van der Waals surface area contributed by atoms with E-state index in [-0.39, 0.29) is 31.4 Å². The number of carbonyl (C=O) groups excluding carboxylic acids is 3. The first-order valence-electron chi connectivity index (χ1n) is 8.59. The van der Waals surface area contributed by atoms with Crippen LogP contribution >= 0.6 is 0 Å². The maximum absolute atomic E-state index is 12.0. The van der Waals surface area contributed by atoms with Crippen molar-refractivity contribution in [3.05, 3.63) is 83.4 Å². The summed E-state index contributed by atoms with van der Waals surface area (Å²) in [4.78, 5) is 56.2. The van der Waals surface area contributed by atoms with Gasteiger partial charge in [0.05, 0.1) is 24.0 Å². The normalized spacial score (nSPS) is 11.8. The van der Waals surface area contributed by atoms with Gasteiger partial charge in [0.15, 0.2) is 0 Å². The van der Waals surface area contributed by atoms with Crippen LogP contribution in [0.2, 0.25) is 0 Å². The highest BCUT2D eigenvalue weighted by Crippen LogP contribution is 2.22. The zero-order valence-corrected chi connectivity index (χ0v) is 15.1. The lowest BCUT2D eigenvalue weighted by atomic mass is 10.1. The molecule has 9 nitrogen and oxygen atoms in total. The molecule has 30 heavy (non-hydrogen) atoms. The topological polar surface area (TPSA) is 133 Å². The van der Waals surface area contributed by atoms with E-state index >= 15 is 0 Å². The molecule has 2 amide bonds. The Morgan fingerprint density at radius 1 is 0.867 bits per heavy atom. The van der Waals surface area contributed by atoms with Gasteiger partial charge in [-0.1, -0.05) is 24.6 Å². The van der Waals surface area contributed by atoms with Gasteiger partial charge in [0.2, 0.25) is 0 Å². The van der Waals surface area contributed by atoms with E-state index in [0.29, 0.717) is 10.6 Å². The van der Waals surface area contributed by atoms with E-state index in [9.17, 15) is 19.2 Å². The molecule has 0 bridgehead atoms. The van der Waals surface area contributed by atoms with Gasteiger partial charge in [0.1, 0.15) is 0 Å². The number of fused-ring (bicyclic) bond motifs is 1. The fourth-order valence-corrected chi connectivity index (χ4v) is 2.66. The van der Waals surface area contributed by atoms with Gasteiger partial charge in [-0.15, -0.1) is 0 Å². The summed E-state index contributed by atoms with van der Waals surface area (Å²) in [5.74, 6) is -2.70. The van der Waals surface area contributed by atoms with Crippen molar-refractivity contribution in [2.45, 2.75) is 20.3 Å². The smallest absolute Gasteiger partial charge is 0.337 e. The predicted octanol–water partition coefficient (Wildman–Crippen LogP) is 2.59. The Kier molecular flexibility index (Phi) is 7.29. The number of nitrogens with one attached hydrogen (secondary N) is 2. The molecule has 1 aromatic carbocycles. The molecular weight excluding hydrogens is 390 g/mol. The monoisotopic (exact) mass is 411 g/mol. The number of hydroxylamine groups is 2. The summed E-state index contributed by atoms with van der Waals surface area (Å²) in [6.07, 6.45) is 6.78. The Bertz CT molecular complexity index is 990. The van der Waals surface area contributed by atoms with Gasteiger partial charge in [0.25, 0.3) is 11.8 Å². The van der Waals surface area contributed by atoms with Crippen molar-refractivity contribution in [1.29, 1.82) is 0 Å². The molecule has 2 aromatic heterocycles. The van der Waals surface area contributed by atoms with Gasteiger partial charge in [-0.25, -0.2) is 4.79 Å². The van der Waals surface area contributed by atoms with Gasteiger partial charge >= 0.3 is 11.9 Å². The SMILES string of the molecule is C.O=C(Cc1cc[nH]c1)ON1C(=O)c2ccccc2C1=O.O=C(O)Cc1cc[nH]c1. The number of carboxylic acids is 1. The zero-order valence-electron chi connectivity index (χ0n) is 15.1. The Hall–Kier alpha value is -4.14. The van der Waals surface area contributed by atoms with Gasteiger partial charge in [-0.3, -0.25) is 14.4 Å². The number of hydrogen-bond donors (Lipinski definition) is 3. The van der Waals surface area contributed by atoms with Crippen LogP contribution in [0.3, 0.4) is 0 Å². The summed E-state index contributed by atoms with van der Waals surface area (Å²) in [7, 11) is 0. The first-order valence-corrected chi connectivity index (χ1v) is 8.59. The average Bonchev–Trinajstić information content (AvgIpc) is 3.43. The Morgan fingerprint density at radius 3 is 1.80 bits per heavy atom. The molecule has 3 heterocycles. The molecule has 0 spiro atoms. The zero-order chi connectivity index (χ0) is 20.8. The molecule has 1 aliphatic rings. The minimum absolute atomic E-state index is 0. The van der Waals surface area contributed by atoms with Gasteiger partial charge in [-0.2, -0.15) is 0 Å². The van der Waals surface area contributed by atoms with E-state index in [1.807, 2.05) is 0 Å². The molecule has 9 heteroatoms. The highest BCUT2D eigenvalue weighted by molar-refractivity contribution is 6.20. The van der Waals surface area contributed by atoms with Crippen molar-refractivity contribution in [3.63, 3.8) is 0 Å². The second-order valence-corrected chi connectivity index (χ2v) is 6.10. The second kappa shape index (κ2) is 9.87. The van der Waals surface area contributed by atoms with Crippen molar-refractivity contribution in [2.75, 3.05) is 0 Å². The third-order valence-corrected chi connectivity index (χ3v) is 3.98. The lowest BCUT2D eigenvalue weighted by Crippen LogP contribution is -2.33. The molecule has 0 radical (unpaired) electrons. The number of nitrogens with zero attached hydrogens (tertiary/aromatic N) is 1. The molecular formula is C21H21N3O6. The summed E-state index contributed by atoms with van der Waals surface area (Å²) in [5.41, 5.74) is 2.01. The molecule has 3 N–H and O–H groups in total. The number of carboxylic acid groups (broad SMARTS) is 1. The van der Waals surface area contributed by atoms with Crippen molar-refractivity contribution in [1.82, 2.24) is 15.0 Å². The fraction of sp³-hybridized carbons (Fsp3) is 0.143. The number of H-pyrrole nitrogens is 2. The molecule has 0 aliphatic carbocycles. The molecule has 0 atom stereocenters. The van der Waals surface area contributed by atoms with Crippen LogP contribution in [0.4, 0.5) is 0 Å². The number of carbonyl (C=O) groups is 4. The molecule has 3 aromatic rings. The number of aromatic nitrogens is 2. The third-order valence-electron chi connectivity index (χ3n) is 3.98. The molecule has 4 rings (SSSR count). The number of benzene rings is 1. The van der Waals surface area contributed by atoms with Gasteiger partial charge in [0, 0.05) is 24.8 Å². The van der Waals surface area contributed by atoms with Crippen LogP contribution in [-0.2, 0) is 27.3 Å². The van der Waals surface area contributed by atoms with Crippen LogP contribution in [0, 0.1) is 0 Å². The molecule has 156 valence electrons. The van der Waals surface area contributed by atoms with Crippen molar-refractivity contribution in [3.8, 4) is 0 Å². The van der Waals surface area contributed by atoms with Crippen LogP contribution in [0.25, 0.3) is 0 Å². The van der Waals surface area contributed by atoms with Gasteiger partial charge in [-0.05, 0) is 35.4 Å². The minimum atomic E-state index is -0.797. The lowest BCUT2D eigenvalue weighted by molar-refractivity contribution is -0.167. The molecule has 0 saturated heterocycles. The third kappa shape index (κ3) is 5.22. The minimum Gasteiger partial charge on any atom is -0.481 e. The first kappa shape index (κ1) is 22.2. The van der Waals surface area contributed by atoms with E-state index in [1.165, 1.54) is 12.1 Å². The summed E-state index contributed by atoms with van der Waals surface area (Å²) in [6, 6.07) is 9.80. The Balaban J connectivity index is 0.000000272. The standard InChI is InChI=1S/C14H10N2O4.C6H7NO2.CH4/c17-12(7-9-5-6-15-8-9)20-16-13(18)10-3-1-2-4-11(10)14(16)19;8-6(9)3-5-1-2-7-4-5;/h1-6,8,15H,7H2;1-2,4,7H,3H2,(H,8,9);1H4. The Morgan fingerprint density at radius 2 is 1.37 bits per heavy atom. The number of amides is 2. The van der Waals surface area contributed by atoms with E-state index in [0.717, 1.165) is 5.56 Å². The van der Waals surface area contributed by atoms with Crippen LogP contribution in [-0.4, -0.2) is 43.9 Å². The predicted molar refractivity (Wildman–Crippen MR) is 106 cm³/mol. The number of aromatic amines is 2. The fourth-order valence-electron chi connectivity index (χ4n) is 2.66. The summed E-state index contributed by atoms with van der Waals surface area (Å²) < 4.78 is 0. The van der Waals surface area contributed by atoms with Crippen molar-refractivity contribution >= 4 is 23.8 Å². The van der Waals surface area contributed by atoms with Crippen LogP contribution < -0.4 is 0 Å². The van der Waals surface area contributed by atoms with Crippen LogP contribution in [0.5, 0.6) is 0 Å². The molecule has 1 aliphatic heterocycles. The molecule has 0 saturated carbocycles. The first-order chi connectivity index (χ1) is 14.0. The van der Waals surface area contributed by atoms with Crippen molar-refractivity contribution < 1.29 is 29.1 Å². The van der Waals surface area contributed by atoms with E-state index in [1.54, 1.807) is 49.1 Å². The Labute approximate surface area is 172 Å². The number of imide groups is 1. The molecule has 0 unspecified atom stereocenters. The summed E-state index contributed by atoms with van der Waals surface area (Å²) >= 11 is 0. The number of rotatable bonds is 5. The summed E-state index contributed by atoms with van der Waals surface area (Å²) in [6.45, 7) is 0. The van der Waals surface area contributed by atoms with Crippen LogP contribution in [0.15, 0.2) is 61.2 Å². The molecule has 0 fully saturated rings. The quantitative estimate of drug-likeness (QED) is 0.553. The highest BCUT2D eigenvalue weighted by atomic mass is 16.7. The van der Waals surface area contributed by atoms with Crippen molar-refractivity contribution in [2.24, 2.45) is 0 Å². The highest BCUT2D eigenvalue weighted by Gasteiger charge is 2.38.